The molecule has 0 unspecified atom stereocenters. The molecular formula is C25H24N4O6S2. The van der Waals surface area contributed by atoms with Gasteiger partial charge in [-0.25, -0.2) is 13.2 Å². The molecule has 0 saturated carbocycles. The molecule has 1 amide bonds. The molecule has 192 valence electrons. The zero-order valence-electron chi connectivity index (χ0n) is 20.5. The fourth-order valence-electron chi connectivity index (χ4n) is 3.42. The number of nitrogens with zero attached hydrogens (tertiary/aromatic N) is 3. The fourth-order valence-corrected chi connectivity index (χ4v) is 5.11. The van der Waals surface area contributed by atoms with Gasteiger partial charge in [-0.05, 0) is 66.1 Å². The smallest absolute Gasteiger partial charge is 0.343 e. The van der Waals surface area contributed by atoms with Crippen LogP contribution >= 0.6 is 11.8 Å². The second-order valence-corrected chi connectivity index (χ2v) is 11.6. The van der Waals surface area contributed by atoms with E-state index in [-0.39, 0.29) is 32.5 Å². The Morgan fingerprint density at radius 1 is 1.16 bits per heavy atom. The molecule has 0 bridgehead atoms. The van der Waals surface area contributed by atoms with E-state index < -0.39 is 21.7 Å². The molecule has 0 radical (unpaired) electrons. The van der Waals surface area contributed by atoms with E-state index >= 15 is 0 Å². The first-order valence-corrected chi connectivity index (χ1v) is 14.0. The maximum absolute atomic E-state index is 12.7. The van der Waals surface area contributed by atoms with Gasteiger partial charge < -0.3 is 9.47 Å². The highest BCUT2D eigenvalue weighted by molar-refractivity contribution is 8.42. The van der Waals surface area contributed by atoms with Crippen molar-refractivity contribution in [3.05, 3.63) is 64.7 Å². The van der Waals surface area contributed by atoms with E-state index in [9.17, 15) is 18.0 Å². The van der Waals surface area contributed by atoms with Gasteiger partial charge in [0.15, 0.2) is 17.3 Å². The summed E-state index contributed by atoms with van der Waals surface area (Å²) in [6.45, 7) is 6.21. The molecule has 37 heavy (non-hydrogen) atoms. The summed E-state index contributed by atoms with van der Waals surface area (Å²) in [6, 6.07) is 11.9. The molecule has 2 aromatic carbocycles. The van der Waals surface area contributed by atoms with E-state index in [1.165, 1.54) is 12.1 Å². The Kier molecular flexibility index (Phi) is 7.32. The van der Waals surface area contributed by atoms with Crippen molar-refractivity contribution >= 4 is 54.9 Å². The first kappa shape index (κ1) is 26.3. The second-order valence-electron chi connectivity index (χ2n) is 8.46. The van der Waals surface area contributed by atoms with Crippen LogP contribution in [0.25, 0.3) is 6.08 Å². The highest BCUT2D eigenvalue weighted by Crippen LogP contribution is 2.33. The van der Waals surface area contributed by atoms with Crippen molar-refractivity contribution in [3.8, 4) is 11.5 Å². The number of benzene rings is 2. The minimum Gasteiger partial charge on any atom is -0.490 e. The van der Waals surface area contributed by atoms with Crippen LogP contribution < -0.4 is 9.47 Å². The van der Waals surface area contributed by atoms with Crippen LogP contribution in [0.15, 0.2) is 58.1 Å². The Bertz CT molecular complexity index is 1490. The molecule has 1 N–H and O–H groups in total. The number of amides is 1. The van der Waals surface area contributed by atoms with Crippen molar-refractivity contribution in [1.82, 2.24) is 5.01 Å². The predicted octanol–water partition coefficient (Wildman–Crippen LogP) is 4.05. The van der Waals surface area contributed by atoms with Gasteiger partial charge in [0, 0.05) is 6.26 Å². The summed E-state index contributed by atoms with van der Waals surface area (Å²) < 4.78 is 34.6. The van der Waals surface area contributed by atoms with Gasteiger partial charge in [-0.1, -0.05) is 32.0 Å². The Labute approximate surface area is 218 Å². The van der Waals surface area contributed by atoms with Crippen molar-refractivity contribution < 1.29 is 27.5 Å². The number of nitrogens with one attached hydrogen (secondary N) is 1. The van der Waals surface area contributed by atoms with Crippen LogP contribution in [0.4, 0.5) is 0 Å². The average molecular weight is 541 g/mol. The molecule has 4 rings (SSSR count). The van der Waals surface area contributed by atoms with Gasteiger partial charge in [-0.3, -0.25) is 10.2 Å². The van der Waals surface area contributed by atoms with E-state index in [0.717, 1.165) is 16.8 Å². The third-order valence-corrected chi connectivity index (χ3v) is 7.92. The van der Waals surface area contributed by atoms with Crippen LogP contribution in [0, 0.1) is 5.41 Å². The van der Waals surface area contributed by atoms with Crippen LogP contribution in [-0.4, -0.2) is 53.5 Å². The Balaban J connectivity index is 1.60. The number of esters is 1. The number of ether oxygens (including phenoxy) is 2. The van der Waals surface area contributed by atoms with Gasteiger partial charge in [0.25, 0.3) is 5.91 Å². The van der Waals surface area contributed by atoms with Gasteiger partial charge in [-0.15, -0.1) is 5.10 Å². The Hall–Kier alpha value is -3.77. The number of hydrogen-bond acceptors (Lipinski definition) is 9. The van der Waals surface area contributed by atoms with Crippen LogP contribution in [-0.2, 0) is 14.6 Å². The molecule has 0 aromatic heterocycles. The lowest BCUT2D eigenvalue weighted by Crippen LogP contribution is -2.35. The summed E-state index contributed by atoms with van der Waals surface area (Å²) in [5.74, 6) is -0.738. The van der Waals surface area contributed by atoms with Crippen LogP contribution in [0.1, 0.15) is 48.2 Å². The molecule has 0 saturated heterocycles. The second kappa shape index (κ2) is 10.3. The lowest BCUT2D eigenvalue weighted by molar-refractivity contribution is -0.114. The molecule has 0 fully saturated rings. The third-order valence-electron chi connectivity index (χ3n) is 5.35. The van der Waals surface area contributed by atoms with Gasteiger partial charge in [0.2, 0.25) is 19.4 Å². The molecule has 2 heterocycles. The van der Waals surface area contributed by atoms with E-state index in [1.807, 2.05) is 12.1 Å². The third kappa shape index (κ3) is 5.65. The molecular weight excluding hydrogens is 516 g/mol. The molecule has 2 aromatic rings. The highest BCUT2D eigenvalue weighted by atomic mass is 32.3. The number of hydrogen-bond donors (Lipinski definition) is 1. The minimum absolute atomic E-state index is 0.00580. The minimum atomic E-state index is -3.63. The van der Waals surface area contributed by atoms with E-state index in [4.69, 9.17) is 14.9 Å². The van der Waals surface area contributed by atoms with Crippen molar-refractivity contribution in [2.75, 3.05) is 12.9 Å². The number of fused-ring (bicyclic) bond motifs is 1. The number of hydrazone groups is 1. The molecule has 10 nitrogen and oxygen atoms in total. The lowest BCUT2D eigenvalue weighted by Gasteiger charge is -2.20. The normalized spacial score (nSPS) is 16.6. The largest absolute Gasteiger partial charge is 0.490 e. The standard InChI is InChI=1S/C25H24N4O6S2/c1-5-34-20-13-15(6-11-19(20)35-23(31)17-9-7-16(8-10-17)14(2)3)12-18-21(26)29-24(27-22(18)30)36-25(28-29)37(4,32)33/h6-14,26H,5H2,1-4H3/b18-12+,26-21?. The molecule has 0 atom stereocenters. The lowest BCUT2D eigenvalue weighted by atomic mass is 10.0. The summed E-state index contributed by atoms with van der Waals surface area (Å²) in [6.07, 6.45) is 2.41. The average Bonchev–Trinajstić information content (AvgIpc) is 3.28. The molecule has 0 aliphatic carbocycles. The maximum atomic E-state index is 12.7. The molecule has 12 heteroatoms. The molecule has 2 aliphatic heterocycles. The number of sulfone groups is 1. The zero-order chi connectivity index (χ0) is 26.9. The van der Waals surface area contributed by atoms with E-state index in [2.05, 4.69) is 23.9 Å². The van der Waals surface area contributed by atoms with Crippen molar-refractivity contribution in [1.29, 1.82) is 5.41 Å². The summed E-state index contributed by atoms with van der Waals surface area (Å²) in [7, 11) is -3.63. The van der Waals surface area contributed by atoms with Crippen molar-refractivity contribution in [2.45, 2.75) is 26.7 Å². The molecule has 0 spiro atoms. The summed E-state index contributed by atoms with van der Waals surface area (Å²) in [5.41, 5.74) is 1.90. The number of carbonyl (C=O) groups is 2. The van der Waals surface area contributed by atoms with Gasteiger partial charge >= 0.3 is 5.97 Å². The number of aliphatic imine (C=N–C) groups is 1. The first-order valence-electron chi connectivity index (χ1n) is 11.3. The number of rotatable bonds is 6. The zero-order valence-corrected chi connectivity index (χ0v) is 22.1. The van der Waals surface area contributed by atoms with Gasteiger partial charge in [0.05, 0.1) is 17.7 Å². The van der Waals surface area contributed by atoms with Gasteiger partial charge in [0.1, 0.15) is 0 Å². The highest BCUT2D eigenvalue weighted by Gasteiger charge is 2.38. The number of carbonyl (C=O) groups excluding carboxylic acids is 2. The molecule has 2 aliphatic rings. The number of thioether (sulfide) groups is 1. The first-order chi connectivity index (χ1) is 17.5. The van der Waals surface area contributed by atoms with E-state index in [0.29, 0.717) is 35.4 Å². The quantitative estimate of drug-likeness (QED) is 0.329. The summed E-state index contributed by atoms with van der Waals surface area (Å²) in [5, 5.41) is 13.3. The van der Waals surface area contributed by atoms with Gasteiger partial charge in [-0.2, -0.15) is 10.0 Å². The van der Waals surface area contributed by atoms with Crippen LogP contribution in [0.5, 0.6) is 11.5 Å². The topological polar surface area (TPSA) is 139 Å². The van der Waals surface area contributed by atoms with Crippen LogP contribution in [0.3, 0.4) is 0 Å². The van der Waals surface area contributed by atoms with E-state index in [1.54, 1.807) is 31.2 Å². The fraction of sp³-hybridized carbons (Fsp3) is 0.240. The van der Waals surface area contributed by atoms with Crippen LogP contribution in [0.2, 0.25) is 0 Å². The maximum Gasteiger partial charge on any atom is 0.343 e. The van der Waals surface area contributed by atoms with Crippen molar-refractivity contribution in [2.24, 2.45) is 10.1 Å². The Morgan fingerprint density at radius 3 is 2.49 bits per heavy atom. The Morgan fingerprint density at radius 2 is 1.86 bits per heavy atom. The summed E-state index contributed by atoms with van der Waals surface area (Å²) >= 11 is 0.715. The van der Waals surface area contributed by atoms with Crippen molar-refractivity contribution in [3.63, 3.8) is 0 Å². The summed E-state index contributed by atoms with van der Waals surface area (Å²) in [4.78, 5) is 29.2. The number of amidine groups is 2. The SMILES string of the molecule is CCOc1cc(/C=C2\C(=N)N3N=C(S(C)(=O)=O)SC3=NC2=O)ccc1OC(=O)c1ccc(C(C)C)cc1. The predicted molar refractivity (Wildman–Crippen MR) is 143 cm³/mol. The monoisotopic (exact) mass is 540 g/mol.